The summed E-state index contributed by atoms with van der Waals surface area (Å²) in [7, 11) is 0. The van der Waals surface area contributed by atoms with Crippen molar-refractivity contribution in [3.63, 3.8) is 0 Å². The summed E-state index contributed by atoms with van der Waals surface area (Å²) in [5.41, 5.74) is 5.81. The molecule has 4 heteroatoms. The third kappa shape index (κ3) is 2.91. The van der Waals surface area contributed by atoms with E-state index in [0.29, 0.717) is 12.0 Å². The average Bonchev–Trinajstić information content (AvgIpc) is 3.61. The number of hydrogen-bond donors (Lipinski definition) is 0. The lowest BCUT2D eigenvalue weighted by Crippen LogP contribution is -2.27. The molecule has 0 saturated heterocycles. The summed E-state index contributed by atoms with van der Waals surface area (Å²) < 4.78 is 15.2. The normalized spacial score (nSPS) is 22.5. The molecule has 1 spiro atoms. The molecule has 158 valence electrons. The Labute approximate surface area is 178 Å². The van der Waals surface area contributed by atoms with Crippen LogP contribution in [-0.2, 0) is 12.8 Å². The Morgan fingerprint density at radius 2 is 2.07 bits per heavy atom. The van der Waals surface area contributed by atoms with Crippen molar-refractivity contribution >= 4 is 0 Å². The van der Waals surface area contributed by atoms with Crippen molar-refractivity contribution in [3.8, 4) is 22.8 Å². The number of benzene rings is 1. The van der Waals surface area contributed by atoms with Crippen molar-refractivity contribution in [3.05, 3.63) is 45.2 Å². The molecule has 3 heterocycles. The van der Waals surface area contributed by atoms with Crippen LogP contribution in [0.1, 0.15) is 68.7 Å². The quantitative estimate of drug-likeness (QED) is 0.684. The van der Waals surface area contributed by atoms with E-state index >= 15 is 0 Å². The van der Waals surface area contributed by atoms with Crippen LogP contribution in [0.15, 0.2) is 23.1 Å². The third-order valence-electron chi connectivity index (χ3n) is 7.61. The van der Waals surface area contributed by atoms with E-state index in [4.69, 9.17) is 9.47 Å². The molecular weight excluding hydrogens is 374 g/mol. The topological polar surface area (TPSA) is 40.5 Å². The Morgan fingerprint density at radius 1 is 1.27 bits per heavy atom. The fourth-order valence-corrected chi connectivity index (χ4v) is 5.37. The highest BCUT2D eigenvalue weighted by Crippen LogP contribution is 2.57. The van der Waals surface area contributed by atoms with Gasteiger partial charge >= 0.3 is 0 Å². The maximum absolute atomic E-state index is 12.6. The van der Waals surface area contributed by atoms with Crippen molar-refractivity contribution in [2.75, 3.05) is 6.61 Å². The van der Waals surface area contributed by atoms with Crippen LogP contribution in [0.25, 0.3) is 11.3 Å². The van der Waals surface area contributed by atoms with E-state index in [1.165, 1.54) is 29.5 Å². The van der Waals surface area contributed by atoms with Gasteiger partial charge in [0.25, 0.3) is 0 Å². The first-order valence-corrected chi connectivity index (χ1v) is 11.7. The number of hydrogen-bond acceptors (Lipinski definition) is 3. The van der Waals surface area contributed by atoms with Gasteiger partial charge in [0.2, 0.25) is 0 Å². The molecule has 1 atom stereocenters. The minimum atomic E-state index is -0.0171. The molecule has 1 aromatic carbocycles. The van der Waals surface area contributed by atoms with Crippen molar-refractivity contribution in [2.24, 2.45) is 11.8 Å². The van der Waals surface area contributed by atoms with E-state index in [2.05, 4.69) is 30.7 Å². The van der Waals surface area contributed by atoms with Crippen molar-refractivity contribution in [1.82, 2.24) is 4.57 Å². The molecule has 2 saturated carbocycles. The van der Waals surface area contributed by atoms with Crippen LogP contribution in [0.3, 0.4) is 0 Å². The first-order chi connectivity index (χ1) is 14.4. The third-order valence-corrected chi connectivity index (χ3v) is 7.61. The largest absolute Gasteiger partial charge is 0.490 e. The maximum atomic E-state index is 12.6. The number of fused-ring (bicyclic) bond motifs is 5. The predicted octanol–water partition coefficient (Wildman–Crippen LogP) is 5.22. The highest BCUT2D eigenvalue weighted by atomic mass is 16.5. The van der Waals surface area contributed by atoms with Gasteiger partial charge in [0.05, 0.1) is 12.3 Å². The molecule has 2 aliphatic heterocycles. The van der Waals surface area contributed by atoms with Gasteiger partial charge in [-0.15, -0.1) is 0 Å². The van der Waals surface area contributed by atoms with Gasteiger partial charge < -0.3 is 14.0 Å². The number of nitrogens with zero attached hydrogens (tertiary/aromatic N) is 1. The summed E-state index contributed by atoms with van der Waals surface area (Å²) in [6, 6.07) is 4.43. The molecule has 4 aliphatic rings. The second-order valence-electron chi connectivity index (χ2n) is 10.4. The van der Waals surface area contributed by atoms with E-state index < -0.39 is 0 Å². The molecule has 30 heavy (non-hydrogen) atoms. The molecule has 1 unspecified atom stereocenters. The van der Waals surface area contributed by atoms with Crippen LogP contribution < -0.4 is 14.9 Å². The van der Waals surface area contributed by atoms with E-state index in [1.54, 1.807) is 0 Å². The van der Waals surface area contributed by atoms with Crippen LogP contribution in [0.4, 0.5) is 0 Å². The van der Waals surface area contributed by atoms with Gasteiger partial charge in [-0.1, -0.05) is 26.7 Å². The van der Waals surface area contributed by atoms with Gasteiger partial charge in [0, 0.05) is 41.4 Å². The number of aryl methyl sites for hydroxylation is 1. The minimum Gasteiger partial charge on any atom is -0.490 e. The summed E-state index contributed by atoms with van der Waals surface area (Å²) in [6.07, 6.45) is 10.1. The van der Waals surface area contributed by atoms with Crippen molar-refractivity contribution in [1.29, 1.82) is 0 Å². The maximum Gasteiger partial charge on any atom is 0.185 e. The zero-order chi connectivity index (χ0) is 20.6. The van der Waals surface area contributed by atoms with Crippen LogP contribution in [0.2, 0.25) is 0 Å². The molecule has 0 amide bonds. The Morgan fingerprint density at radius 3 is 2.77 bits per heavy atom. The molecule has 4 nitrogen and oxygen atoms in total. The number of aromatic nitrogens is 1. The minimum absolute atomic E-state index is 0.0171. The Kier molecular flexibility index (Phi) is 3.94. The summed E-state index contributed by atoms with van der Waals surface area (Å²) in [5, 5.41) is 0. The van der Waals surface area contributed by atoms with Gasteiger partial charge in [-0.2, -0.15) is 0 Å². The average molecular weight is 406 g/mol. The molecule has 0 bridgehead atoms. The lowest BCUT2D eigenvalue weighted by Gasteiger charge is -2.34. The van der Waals surface area contributed by atoms with Crippen LogP contribution >= 0.6 is 0 Å². The van der Waals surface area contributed by atoms with Crippen LogP contribution in [-0.4, -0.2) is 16.8 Å². The fraction of sp³-hybridized carbons (Fsp3) is 0.577. The van der Waals surface area contributed by atoms with Crippen LogP contribution in [0, 0.1) is 18.8 Å². The lowest BCUT2D eigenvalue weighted by molar-refractivity contribution is 0.197. The Bertz CT molecular complexity index is 1090. The molecule has 0 N–H and O–H groups in total. The zero-order valence-corrected chi connectivity index (χ0v) is 18.3. The zero-order valence-electron chi connectivity index (χ0n) is 18.3. The van der Waals surface area contributed by atoms with Crippen LogP contribution in [0.5, 0.6) is 11.5 Å². The predicted molar refractivity (Wildman–Crippen MR) is 118 cm³/mol. The van der Waals surface area contributed by atoms with Gasteiger partial charge in [-0.25, -0.2) is 0 Å². The van der Waals surface area contributed by atoms with Gasteiger partial charge in [-0.05, 0) is 56.1 Å². The summed E-state index contributed by atoms with van der Waals surface area (Å²) in [6.45, 7) is 7.24. The smallest absolute Gasteiger partial charge is 0.185 e. The number of rotatable bonds is 5. The molecule has 6 rings (SSSR count). The molecule has 1 aromatic heterocycles. The Hall–Kier alpha value is -2.23. The van der Waals surface area contributed by atoms with Gasteiger partial charge in [-0.3, -0.25) is 4.79 Å². The van der Waals surface area contributed by atoms with E-state index in [-0.39, 0.29) is 11.0 Å². The fourth-order valence-electron chi connectivity index (χ4n) is 5.37. The highest BCUT2D eigenvalue weighted by molar-refractivity contribution is 5.77. The standard InChI is InChI=1S/C26H31NO3/c1-15(2)20-10-18-11-23(29-9-6-17-4-5-17)25-19(13-26(30-25)7-8-26)24(18)21-12-22(28)16(3)14-27(20)21/h11-12,14-15,17,20H,4-10,13H2,1-3H3. The van der Waals surface area contributed by atoms with E-state index in [0.717, 1.165) is 67.4 Å². The first kappa shape index (κ1) is 18.5. The summed E-state index contributed by atoms with van der Waals surface area (Å²) >= 11 is 0. The first-order valence-electron chi connectivity index (χ1n) is 11.7. The van der Waals surface area contributed by atoms with Crippen molar-refractivity contribution < 1.29 is 9.47 Å². The van der Waals surface area contributed by atoms with E-state index in [1.807, 2.05) is 13.0 Å². The lowest BCUT2D eigenvalue weighted by atomic mass is 9.84. The SMILES string of the molecule is Cc1cn2c(cc1=O)-c1c(cc(OCCC3CC3)c3c1CC1(CC1)O3)CC2C(C)C. The highest BCUT2D eigenvalue weighted by Gasteiger charge is 2.52. The number of pyridine rings is 1. The molecule has 0 radical (unpaired) electrons. The Balaban J connectivity index is 1.50. The monoisotopic (exact) mass is 405 g/mol. The molecule has 2 aromatic rings. The van der Waals surface area contributed by atoms with E-state index in [9.17, 15) is 4.79 Å². The molecular formula is C26H31NO3. The number of ether oxygens (including phenoxy) is 2. The second kappa shape index (κ2) is 6.38. The van der Waals surface area contributed by atoms with Gasteiger partial charge in [0.1, 0.15) is 5.60 Å². The second-order valence-corrected chi connectivity index (χ2v) is 10.4. The van der Waals surface area contributed by atoms with Gasteiger partial charge in [0.15, 0.2) is 16.9 Å². The molecule has 2 fully saturated rings. The summed E-state index contributed by atoms with van der Waals surface area (Å²) in [4.78, 5) is 12.6. The summed E-state index contributed by atoms with van der Waals surface area (Å²) in [5.74, 6) is 3.22. The molecule has 2 aliphatic carbocycles. The van der Waals surface area contributed by atoms with Crippen molar-refractivity contribution in [2.45, 2.75) is 77.4 Å².